The van der Waals surface area contributed by atoms with Crippen LogP contribution < -0.4 is 10.1 Å². The first-order valence-corrected chi connectivity index (χ1v) is 7.79. The van der Waals surface area contributed by atoms with Crippen LogP contribution in [0, 0.1) is 5.92 Å². The third kappa shape index (κ3) is 4.77. The molecule has 1 aromatic carbocycles. The summed E-state index contributed by atoms with van der Waals surface area (Å²) in [5.74, 6) is 0.793. The molecule has 1 amide bonds. The summed E-state index contributed by atoms with van der Waals surface area (Å²) in [6, 6.07) is 4.91. The van der Waals surface area contributed by atoms with Crippen molar-refractivity contribution in [1.29, 1.82) is 0 Å². The molecule has 1 fully saturated rings. The maximum atomic E-state index is 12.1. The number of carbonyl (C=O) groups excluding carboxylic acids is 1. The number of rotatable bonds is 7. The molecule has 2 atom stereocenters. The van der Waals surface area contributed by atoms with Crippen LogP contribution in [0.15, 0.2) is 18.2 Å². The number of benzene rings is 1. The Morgan fingerprint density at radius 2 is 2.14 bits per heavy atom. The first kappa shape index (κ1) is 16.4. The second kappa shape index (κ2) is 7.34. The topological polar surface area (TPSA) is 58.6 Å². The molecule has 21 heavy (non-hydrogen) atoms. The molecule has 1 aliphatic rings. The fourth-order valence-electron chi connectivity index (χ4n) is 2.17. The first-order valence-electron chi connectivity index (χ1n) is 7.04. The van der Waals surface area contributed by atoms with Crippen LogP contribution in [-0.4, -0.2) is 29.8 Å². The first-order chi connectivity index (χ1) is 10.0. The summed E-state index contributed by atoms with van der Waals surface area (Å²) in [6.07, 6.45) is 2.15. The van der Waals surface area contributed by atoms with Gasteiger partial charge in [0, 0.05) is 18.7 Å². The Labute approximate surface area is 134 Å². The number of halogens is 2. The molecular formula is C15H19Cl2NO3. The van der Waals surface area contributed by atoms with E-state index in [1.807, 2.05) is 0 Å². The molecule has 0 heterocycles. The highest BCUT2D eigenvalue weighted by atomic mass is 35.5. The van der Waals surface area contributed by atoms with Crippen LogP contribution in [0.5, 0.6) is 5.75 Å². The maximum Gasteiger partial charge on any atom is 0.261 e. The van der Waals surface area contributed by atoms with Gasteiger partial charge in [0.1, 0.15) is 5.75 Å². The Balaban J connectivity index is 1.90. The Morgan fingerprint density at radius 1 is 1.43 bits per heavy atom. The van der Waals surface area contributed by atoms with Crippen LogP contribution >= 0.6 is 23.2 Å². The van der Waals surface area contributed by atoms with Gasteiger partial charge in [0.25, 0.3) is 5.91 Å². The van der Waals surface area contributed by atoms with Gasteiger partial charge in [0.05, 0.1) is 10.0 Å². The molecule has 6 heteroatoms. The molecule has 2 unspecified atom stereocenters. The van der Waals surface area contributed by atoms with Gasteiger partial charge < -0.3 is 15.2 Å². The number of nitrogens with one attached hydrogen (secondary N) is 1. The summed E-state index contributed by atoms with van der Waals surface area (Å²) in [5.41, 5.74) is 0. The van der Waals surface area contributed by atoms with Gasteiger partial charge in [0.15, 0.2) is 6.10 Å². The van der Waals surface area contributed by atoms with Gasteiger partial charge >= 0.3 is 0 Å². The van der Waals surface area contributed by atoms with Crippen molar-refractivity contribution in [2.45, 2.75) is 38.3 Å². The van der Waals surface area contributed by atoms with Gasteiger partial charge in [-0.2, -0.15) is 0 Å². The van der Waals surface area contributed by atoms with Crippen molar-refractivity contribution in [2.75, 3.05) is 6.61 Å². The molecule has 0 aliphatic heterocycles. The Kier molecular flexibility index (Phi) is 5.73. The third-order valence-corrected chi connectivity index (χ3v) is 4.27. The number of carbonyl (C=O) groups is 1. The smallest absolute Gasteiger partial charge is 0.261 e. The molecule has 0 spiro atoms. The summed E-state index contributed by atoms with van der Waals surface area (Å²) in [7, 11) is 0. The van der Waals surface area contributed by atoms with Gasteiger partial charge in [-0.3, -0.25) is 4.79 Å². The SMILES string of the molecule is CC(Oc1ccc(Cl)c(Cl)c1)C(=O)NC(CCO)C1CC1. The van der Waals surface area contributed by atoms with E-state index in [0.29, 0.717) is 28.1 Å². The molecule has 4 nitrogen and oxygen atoms in total. The summed E-state index contributed by atoms with van der Waals surface area (Å²) in [4.78, 5) is 12.1. The molecule has 0 bridgehead atoms. The van der Waals surface area contributed by atoms with Crippen LogP contribution in [0.3, 0.4) is 0 Å². The number of ether oxygens (including phenoxy) is 1. The van der Waals surface area contributed by atoms with E-state index in [2.05, 4.69) is 5.32 Å². The van der Waals surface area contributed by atoms with Gasteiger partial charge in [0.2, 0.25) is 0 Å². The number of amides is 1. The molecule has 0 saturated heterocycles. The van der Waals surface area contributed by atoms with Crippen molar-refractivity contribution >= 4 is 29.1 Å². The summed E-state index contributed by atoms with van der Waals surface area (Å²) in [6.45, 7) is 1.75. The lowest BCUT2D eigenvalue weighted by Crippen LogP contribution is -2.44. The highest BCUT2D eigenvalue weighted by Gasteiger charge is 2.32. The number of hydrogen-bond donors (Lipinski definition) is 2. The maximum absolute atomic E-state index is 12.1. The van der Waals surface area contributed by atoms with Crippen LogP contribution in [-0.2, 0) is 4.79 Å². The lowest BCUT2D eigenvalue weighted by atomic mass is 10.1. The highest BCUT2D eigenvalue weighted by Crippen LogP contribution is 2.34. The lowest BCUT2D eigenvalue weighted by Gasteiger charge is -2.21. The van der Waals surface area contributed by atoms with Gasteiger partial charge in [-0.15, -0.1) is 0 Å². The minimum Gasteiger partial charge on any atom is -0.481 e. The number of aliphatic hydroxyl groups excluding tert-OH is 1. The van der Waals surface area contributed by atoms with Crippen LogP contribution in [0.25, 0.3) is 0 Å². The summed E-state index contributed by atoms with van der Waals surface area (Å²) < 4.78 is 5.57. The normalized spacial score (nSPS) is 17.1. The molecular weight excluding hydrogens is 313 g/mol. The third-order valence-electron chi connectivity index (χ3n) is 3.53. The van der Waals surface area contributed by atoms with Crippen LogP contribution in [0.2, 0.25) is 10.0 Å². The molecule has 0 radical (unpaired) electrons. The fourth-order valence-corrected chi connectivity index (χ4v) is 2.46. The van der Waals surface area contributed by atoms with Crippen molar-refractivity contribution in [1.82, 2.24) is 5.32 Å². The largest absolute Gasteiger partial charge is 0.481 e. The standard InChI is InChI=1S/C15H19Cl2NO3/c1-9(21-11-4-5-12(16)13(17)8-11)15(20)18-14(6-7-19)10-2-3-10/h4-5,8-10,14,19H,2-3,6-7H2,1H3,(H,18,20). The molecule has 1 saturated carbocycles. The summed E-state index contributed by atoms with van der Waals surface area (Å²) in [5, 5.41) is 12.8. The van der Waals surface area contributed by atoms with E-state index in [1.54, 1.807) is 25.1 Å². The molecule has 2 N–H and O–H groups in total. The predicted octanol–water partition coefficient (Wildman–Crippen LogP) is 3.04. The van der Waals surface area contributed by atoms with Crippen molar-refractivity contribution in [2.24, 2.45) is 5.92 Å². The second-order valence-electron chi connectivity index (χ2n) is 5.30. The van der Waals surface area contributed by atoms with Crippen LogP contribution in [0.4, 0.5) is 0 Å². The minimum atomic E-state index is -0.637. The molecule has 116 valence electrons. The van der Waals surface area contributed by atoms with Crippen molar-refractivity contribution < 1.29 is 14.6 Å². The van der Waals surface area contributed by atoms with E-state index in [9.17, 15) is 4.79 Å². The monoisotopic (exact) mass is 331 g/mol. The van der Waals surface area contributed by atoms with E-state index < -0.39 is 6.10 Å². The molecule has 1 aliphatic carbocycles. The quantitative estimate of drug-likeness (QED) is 0.807. The Morgan fingerprint density at radius 3 is 2.71 bits per heavy atom. The van der Waals surface area contributed by atoms with Crippen LogP contribution in [0.1, 0.15) is 26.2 Å². The van der Waals surface area contributed by atoms with E-state index in [-0.39, 0.29) is 18.6 Å². The second-order valence-corrected chi connectivity index (χ2v) is 6.12. The van der Waals surface area contributed by atoms with E-state index >= 15 is 0 Å². The minimum absolute atomic E-state index is 0.0300. The van der Waals surface area contributed by atoms with E-state index in [0.717, 1.165) is 12.8 Å². The number of aliphatic hydroxyl groups is 1. The molecule has 1 aromatic rings. The van der Waals surface area contributed by atoms with Gasteiger partial charge in [-0.05, 0) is 44.2 Å². The van der Waals surface area contributed by atoms with Gasteiger partial charge in [-0.25, -0.2) is 0 Å². The molecule has 0 aromatic heterocycles. The fraction of sp³-hybridized carbons (Fsp3) is 0.533. The number of hydrogen-bond acceptors (Lipinski definition) is 3. The van der Waals surface area contributed by atoms with E-state index in [1.165, 1.54) is 0 Å². The van der Waals surface area contributed by atoms with Crippen molar-refractivity contribution in [3.8, 4) is 5.75 Å². The Hall–Kier alpha value is -0.970. The van der Waals surface area contributed by atoms with Crippen molar-refractivity contribution in [3.63, 3.8) is 0 Å². The van der Waals surface area contributed by atoms with Crippen molar-refractivity contribution in [3.05, 3.63) is 28.2 Å². The predicted molar refractivity (Wildman–Crippen MR) is 82.9 cm³/mol. The Bertz CT molecular complexity index is 506. The zero-order chi connectivity index (χ0) is 15.4. The lowest BCUT2D eigenvalue weighted by molar-refractivity contribution is -0.128. The zero-order valence-electron chi connectivity index (χ0n) is 11.8. The average Bonchev–Trinajstić information content (AvgIpc) is 3.26. The highest BCUT2D eigenvalue weighted by molar-refractivity contribution is 6.42. The zero-order valence-corrected chi connectivity index (χ0v) is 13.3. The van der Waals surface area contributed by atoms with E-state index in [4.69, 9.17) is 33.0 Å². The summed E-state index contributed by atoms with van der Waals surface area (Å²) >= 11 is 11.7. The van der Waals surface area contributed by atoms with Gasteiger partial charge in [-0.1, -0.05) is 23.2 Å². The molecule has 2 rings (SSSR count). The average molecular weight is 332 g/mol.